The molecule has 0 saturated heterocycles. The van der Waals surface area contributed by atoms with Gasteiger partial charge in [0.15, 0.2) is 17.0 Å². The van der Waals surface area contributed by atoms with Gasteiger partial charge in [-0.2, -0.15) is 10.2 Å². The molecular formula is C8H10N2O3S. The minimum atomic E-state index is -1.95. The lowest BCUT2D eigenvalue weighted by Gasteiger charge is -2.00. The molecule has 6 heteroatoms. The molecule has 0 saturated carbocycles. The van der Waals surface area contributed by atoms with Crippen LogP contribution in [0.5, 0.6) is 5.75 Å². The molecule has 0 bridgehead atoms. The van der Waals surface area contributed by atoms with Crippen molar-refractivity contribution in [2.45, 2.75) is 0 Å². The highest BCUT2D eigenvalue weighted by atomic mass is 32.2. The Labute approximate surface area is 84.1 Å². The molecule has 0 heterocycles. The van der Waals surface area contributed by atoms with Crippen LogP contribution in [-0.4, -0.2) is 21.7 Å². The lowest BCUT2D eigenvalue weighted by Crippen LogP contribution is -1.88. The van der Waals surface area contributed by atoms with Crippen LogP contribution in [0.25, 0.3) is 0 Å². The molecule has 1 atom stereocenters. The summed E-state index contributed by atoms with van der Waals surface area (Å²) in [5.74, 6) is 0.359. The van der Waals surface area contributed by atoms with Crippen molar-refractivity contribution in [1.82, 2.24) is 0 Å². The quantitative estimate of drug-likeness (QED) is 0.615. The minimum Gasteiger partial charge on any atom is -0.494 e. The predicted molar refractivity (Wildman–Crippen MR) is 53.1 cm³/mol. The highest BCUT2D eigenvalue weighted by Gasteiger charge is 1.98. The smallest absolute Gasteiger partial charge is 0.177 e. The summed E-state index contributed by atoms with van der Waals surface area (Å²) in [7, 11) is 1.53. The van der Waals surface area contributed by atoms with Gasteiger partial charge in [0.1, 0.15) is 11.4 Å². The van der Waals surface area contributed by atoms with Crippen molar-refractivity contribution in [3.8, 4) is 5.75 Å². The molecule has 1 aromatic rings. The van der Waals surface area contributed by atoms with Gasteiger partial charge in [0.2, 0.25) is 0 Å². The number of hydrogen-bond acceptors (Lipinski definition) is 4. The molecule has 0 aliphatic heterocycles. The van der Waals surface area contributed by atoms with Gasteiger partial charge in [-0.25, -0.2) is 4.21 Å². The van der Waals surface area contributed by atoms with Gasteiger partial charge >= 0.3 is 0 Å². The van der Waals surface area contributed by atoms with E-state index in [1.165, 1.54) is 7.11 Å². The fourth-order valence-corrected chi connectivity index (χ4v) is 1.02. The minimum absolute atomic E-state index is 0.224. The first-order chi connectivity index (χ1) is 6.74. The van der Waals surface area contributed by atoms with E-state index in [9.17, 15) is 4.21 Å². The Hall–Kier alpha value is -1.27. The molecule has 0 aliphatic rings. The van der Waals surface area contributed by atoms with Gasteiger partial charge in [-0.1, -0.05) is 12.1 Å². The van der Waals surface area contributed by atoms with Crippen LogP contribution >= 0.6 is 0 Å². The molecule has 0 spiro atoms. The molecule has 5 nitrogen and oxygen atoms in total. The molecule has 76 valence electrons. The number of para-hydroxylation sites is 1. The Morgan fingerprint density at radius 1 is 1.50 bits per heavy atom. The van der Waals surface area contributed by atoms with E-state index in [4.69, 9.17) is 9.29 Å². The Morgan fingerprint density at radius 3 is 2.86 bits per heavy atom. The summed E-state index contributed by atoms with van der Waals surface area (Å²) in [5, 5.41) is 7.31. The van der Waals surface area contributed by atoms with Crippen LogP contribution in [0.15, 0.2) is 34.5 Å². The molecule has 1 aromatic carbocycles. The van der Waals surface area contributed by atoms with Gasteiger partial charge in [0, 0.05) is 0 Å². The number of azo groups is 1. The lowest BCUT2D eigenvalue weighted by atomic mass is 10.3. The van der Waals surface area contributed by atoms with E-state index in [2.05, 4.69) is 10.2 Å². The maximum Gasteiger partial charge on any atom is 0.177 e. The Balaban J connectivity index is 2.75. The first-order valence-corrected chi connectivity index (χ1v) is 5.09. The third-order valence-electron chi connectivity index (χ3n) is 1.43. The number of hydrogen-bond donors (Lipinski definition) is 1. The molecule has 0 radical (unpaired) electrons. The van der Waals surface area contributed by atoms with Gasteiger partial charge in [-0.15, -0.1) is 0 Å². The number of ether oxygens (including phenoxy) is 1. The van der Waals surface area contributed by atoms with Gasteiger partial charge < -0.3 is 9.29 Å². The molecule has 14 heavy (non-hydrogen) atoms. The van der Waals surface area contributed by atoms with Crippen LogP contribution in [0.1, 0.15) is 0 Å². The van der Waals surface area contributed by atoms with Gasteiger partial charge in [0.05, 0.1) is 7.11 Å². The number of benzene rings is 1. The molecule has 0 amide bonds. The zero-order valence-corrected chi connectivity index (χ0v) is 8.40. The Kier molecular flexibility index (Phi) is 4.21. The van der Waals surface area contributed by atoms with Crippen molar-refractivity contribution >= 4 is 16.8 Å². The maximum atomic E-state index is 10.3. The largest absolute Gasteiger partial charge is 0.494 e. The van der Waals surface area contributed by atoms with E-state index >= 15 is 0 Å². The fourth-order valence-electron chi connectivity index (χ4n) is 0.867. The molecule has 1 rings (SSSR count). The van der Waals surface area contributed by atoms with Crippen molar-refractivity contribution in [3.63, 3.8) is 0 Å². The number of rotatable bonds is 4. The summed E-state index contributed by atoms with van der Waals surface area (Å²) in [6.45, 7) is 0. The van der Waals surface area contributed by atoms with Gasteiger partial charge in [-0.05, 0) is 12.1 Å². The Bertz CT molecular complexity index is 354. The van der Waals surface area contributed by atoms with Crippen molar-refractivity contribution < 1.29 is 13.5 Å². The standard InChI is InChI=1S/C8H10N2O3S/c1-13-8-5-3-2-4-7(8)10-9-6-14(11)12/h2-5H,6H2,1H3,(H,11,12). The average Bonchev–Trinajstić information content (AvgIpc) is 2.18. The van der Waals surface area contributed by atoms with E-state index < -0.39 is 11.1 Å². The zero-order valence-electron chi connectivity index (χ0n) is 7.58. The van der Waals surface area contributed by atoms with E-state index in [0.717, 1.165) is 0 Å². The summed E-state index contributed by atoms with van der Waals surface area (Å²) < 4.78 is 23.7. The molecular weight excluding hydrogens is 204 g/mol. The first-order valence-electron chi connectivity index (χ1n) is 3.82. The average molecular weight is 214 g/mol. The van der Waals surface area contributed by atoms with E-state index in [1.54, 1.807) is 18.2 Å². The third kappa shape index (κ3) is 3.23. The second kappa shape index (κ2) is 5.46. The Morgan fingerprint density at radius 2 is 2.21 bits per heavy atom. The first kappa shape index (κ1) is 10.8. The lowest BCUT2D eigenvalue weighted by molar-refractivity contribution is 0.416. The SMILES string of the molecule is COc1ccccc1N=NCS(=O)O. The van der Waals surface area contributed by atoms with Gasteiger partial charge in [-0.3, -0.25) is 0 Å². The molecule has 0 aromatic heterocycles. The van der Waals surface area contributed by atoms with Crippen molar-refractivity contribution in [2.75, 3.05) is 13.0 Å². The zero-order chi connectivity index (χ0) is 10.4. The summed E-state index contributed by atoms with van der Waals surface area (Å²) in [5.41, 5.74) is 0.542. The van der Waals surface area contributed by atoms with Crippen molar-refractivity contribution in [2.24, 2.45) is 10.2 Å². The summed E-state index contributed by atoms with van der Waals surface area (Å²) in [6, 6.07) is 7.04. The van der Waals surface area contributed by atoms with E-state index in [-0.39, 0.29) is 5.88 Å². The maximum absolute atomic E-state index is 10.3. The normalized spacial score (nSPS) is 13.0. The second-order valence-corrected chi connectivity index (χ2v) is 3.27. The third-order valence-corrected chi connectivity index (χ3v) is 1.77. The topological polar surface area (TPSA) is 71.2 Å². The highest BCUT2D eigenvalue weighted by Crippen LogP contribution is 2.26. The van der Waals surface area contributed by atoms with Crippen LogP contribution in [0.3, 0.4) is 0 Å². The van der Waals surface area contributed by atoms with Crippen LogP contribution in [-0.2, 0) is 11.1 Å². The summed E-state index contributed by atoms with van der Waals surface area (Å²) in [4.78, 5) is 0. The van der Waals surface area contributed by atoms with Gasteiger partial charge in [0.25, 0.3) is 0 Å². The molecule has 1 N–H and O–H groups in total. The van der Waals surface area contributed by atoms with E-state index in [0.29, 0.717) is 11.4 Å². The van der Waals surface area contributed by atoms with Crippen molar-refractivity contribution in [1.29, 1.82) is 0 Å². The fraction of sp³-hybridized carbons (Fsp3) is 0.250. The van der Waals surface area contributed by atoms with Crippen LogP contribution < -0.4 is 4.74 Å². The summed E-state index contributed by atoms with van der Waals surface area (Å²) >= 11 is -1.95. The van der Waals surface area contributed by atoms with Crippen LogP contribution in [0.4, 0.5) is 5.69 Å². The predicted octanol–water partition coefficient (Wildman–Crippen LogP) is 1.96. The van der Waals surface area contributed by atoms with E-state index in [1.807, 2.05) is 6.07 Å². The van der Waals surface area contributed by atoms with Crippen molar-refractivity contribution in [3.05, 3.63) is 24.3 Å². The van der Waals surface area contributed by atoms with Crippen LogP contribution in [0.2, 0.25) is 0 Å². The number of nitrogens with zero attached hydrogens (tertiary/aromatic N) is 2. The number of methoxy groups -OCH3 is 1. The van der Waals surface area contributed by atoms with Crippen LogP contribution in [0, 0.1) is 0 Å². The second-order valence-electron chi connectivity index (χ2n) is 2.36. The monoisotopic (exact) mass is 214 g/mol. The molecule has 1 unspecified atom stereocenters. The summed E-state index contributed by atoms with van der Waals surface area (Å²) in [6.07, 6.45) is 0. The highest BCUT2D eigenvalue weighted by molar-refractivity contribution is 7.79. The molecule has 0 fully saturated rings. The molecule has 0 aliphatic carbocycles.